The van der Waals surface area contributed by atoms with E-state index in [1.165, 1.54) is 16.9 Å². The number of nitrogens with one attached hydrogen (secondary N) is 1. The maximum atomic E-state index is 5.97. The van der Waals surface area contributed by atoms with Crippen molar-refractivity contribution in [3.05, 3.63) is 59.2 Å². The normalized spacial score (nSPS) is 13.0. The van der Waals surface area contributed by atoms with Gasteiger partial charge in [-0.05, 0) is 17.7 Å². The van der Waals surface area contributed by atoms with Gasteiger partial charge in [0.15, 0.2) is 16.9 Å². The van der Waals surface area contributed by atoms with Gasteiger partial charge in [0.05, 0.1) is 6.54 Å². The Balaban J connectivity index is 1.60. The lowest BCUT2D eigenvalue weighted by Crippen LogP contribution is -2.23. The summed E-state index contributed by atoms with van der Waals surface area (Å²) in [6, 6.07) is 14.0. The third-order valence-electron chi connectivity index (χ3n) is 3.76. The fourth-order valence-corrected chi connectivity index (χ4v) is 3.05. The smallest absolute Gasteiger partial charge is 0.194 e. The van der Waals surface area contributed by atoms with Gasteiger partial charge in [-0.3, -0.25) is 4.99 Å². The fraction of sp³-hybridized carbons (Fsp3) is 0.222. The SMILES string of the molecule is CC(CN=C(N)Nc1nc(-c2ccc(CN)o2)cs1)c1ccccc1. The van der Waals surface area contributed by atoms with Crippen LogP contribution in [0.25, 0.3) is 11.5 Å². The number of guanidine groups is 1. The van der Waals surface area contributed by atoms with Gasteiger partial charge in [-0.2, -0.15) is 0 Å². The van der Waals surface area contributed by atoms with Crippen LogP contribution in [0.15, 0.2) is 57.3 Å². The van der Waals surface area contributed by atoms with Gasteiger partial charge in [0.1, 0.15) is 11.5 Å². The summed E-state index contributed by atoms with van der Waals surface area (Å²) in [5.41, 5.74) is 13.5. The highest BCUT2D eigenvalue weighted by molar-refractivity contribution is 7.14. The molecule has 0 fully saturated rings. The van der Waals surface area contributed by atoms with Crippen LogP contribution in [0.3, 0.4) is 0 Å². The predicted octanol–water partition coefficient (Wildman–Crippen LogP) is 3.39. The molecule has 5 N–H and O–H groups in total. The Labute approximate surface area is 150 Å². The topological polar surface area (TPSA) is 102 Å². The van der Waals surface area contributed by atoms with E-state index in [1.54, 1.807) is 0 Å². The summed E-state index contributed by atoms with van der Waals surface area (Å²) in [4.78, 5) is 8.87. The summed E-state index contributed by atoms with van der Waals surface area (Å²) in [6.07, 6.45) is 0. The van der Waals surface area contributed by atoms with Crippen molar-refractivity contribution >= 4 is 22.4 Å². The first kappa shape index (κ1) is 17.2. The van der Waals surface area contributed by atoms with Crippen LogP contribution in [0, 0.1) is 0 Å². The van der Waals surface area contributed by atoms with Crippen LogP contribution in [-0.2, 0) is 6.54 Å². The largest absolute Gasteiger partial charge is 0.458 e. The number of thiazole rings is 1. The lowest BCUT2D eigenvalue weighted by Gasteiger charge is -2.09. The molecule has 0 aliphatic heterocycles. The van der Waals surface area contributed by atoms with Crippen molar-refractivity contribution in [2.45, 2.75) is 19.4 Å². The summed E-state index contributed by atoms with van der Waals surface area (Å²) in [5, 5.41) is 5.61. The molecule has 3 aromatic rings. The number of rotatable bonds is 6. The fourth-order valence-electron chi connectivity index (χ4n) is 2.34. The molecule has 1 atom stereocenters. The molecular formula is C18H21N5OS. The molecule has 130 valence electrons. The van der Waals surface area contributed by atoms with Crippen molar-refractivity contribution in [1.29, 1.82) is 0 Å². The number of aromatic nitrogens is 1. The average Bonchev–Trinajstić information content (AvgIpc) is 3.29. The molecule has 1 aromatic carbocycles. The lowest BCUT2D eigenvalue weighted by molar-refractivity contribution is 0.524. The number of nitrogens with two attached hydrogens (primary N) is 2. The van der Waals surface area contributed by atoms with Crippen LogP contribution in [0.5, 0.6) is 0 Å². The van der Waals surface area contributed by atoms with Crippen LogP contribution in [-0.4, -0.2) is 17.5 Å². The first-order valence-corrected chi connectivity index (χ1v) is 8.90. The maximum Gasteiger partial charge on any atom is 0.194 e. The van der Waals surface area contributed by atoms with Crippen molar-refractivity contribution in [2.75, 3.05) is 11.9 Å². The van der Waals surface area contributed by atoms with Crippen LogP contribution in [0.2, 0.25) is 0 Å². The summed E-state index contributed by atoms with van der Waals surface area (Å²) >= 11 is 1.45. The van der Waals surface area contributed by atoms with Gasteiger partial charge >= 0.3 is 0 Å². The maximum absolute atomic E-state index is 5.97. The molecule has 3 rings (SSSR count). The van der Waals surface area contributed by atoms with E-state index in [1.807, 2.05) is 35.7 Å². The minimum absolute atomic E-state index is 0.297. The van der Waals surface area contributed by atoms with Gasteiger partial charge in [-0.1, -0.05) is 37.3 Å². The zero-order chi connectivity index (χ0) is 17.6. The molecule has 6 nitrogen and oxygen atoms in total. The van der Waals surface area contributed by atoms with Crippen LogP contribution < -0.4 is 16.8 Å². The Morgan fingerprint density at radius 1 is 1.28 bits per heavy atom. The number of furan rings is 1. The van der Waals surface area contributed by atoms with Crippen molar-refractivity contribution < 1.29 is 4.42 Å². The third kappa shape index (κ3) is 4.46. The minimum Gasteiger partial charge on any atom is -0.458 e. The molecule has 0 bridgehead atoms. The van der Waals surface area contributed by atoms with Gasteiger partial charge in [0.2, 0.25) is 0 Å². The molecule has 2 aromatic heterocycles. The number of hydrogen-bond acceptors (Lipinski definition) is 5. The average molecular weight is 355 g/mol. The molecule has 25 heavy (non-hydrogen) atoms. The number of anilines is 1. The minimum atomic E-state index is 0.297. The number of aliphatic imine (C=N–C) groups is 1. The molecule has 0 amide bonds. The summed E-state index contributed by atoms with van der Waals surface area (Å²) < 4.78 is 5.60. The van der Waals surface area contributed by atoms with E-state index < -0.39 is 0 Å². The molecular weight excluding hydrogens is 334 g/mol. The molecule has 0 spiro atoms. The monoisotopic (exact) mass is 355 g/mol. The van der Waals surface area contributed by atoms with E-state index >= 15 is 0 Å². The molecule has 0 aliphatic rings. The highest BCUT2D eigenvalue weighted by atomic mass is 32.1. The zero-order valence-corrected chi connectivity index (χ0v) is 14.8. The first-order valence-electron chi connectivity index (χ1n) is 8.02. The zero-order valence-electron chi connectivity index (χ0n) is 14.0. The second-order valence-electron chi connectivity index (χ2n) is 5.67. The Bertz CT molecular complexity index is 840. The summed E-state index contributed by atoms with van der Waals surface area (Å²) in [5.74, 6) is 2.07. The number of benzene rings is 1. The Kier molecular flexibility index (Phi) is 5.47. The van der Waals surface area contributed by atoms with E-state index in [0.29, 0.717) is 35.9 Å². The highest BCUT2D eigenvalue weighted by Crippen LogP contribution is 2.26. The Morgan fingerprint density at radius 2 is 2.08 bits per heavy atom. The third-order valence-corrected chi connectivity index (χ3v) is 4.52. The van der Waals surface area contributed by atoms with E-state index in [0.717, 1.165) is 11.5 Å². The first-order chi connectivity index (χ1) is 12.2. The second-order valence-corrected chi connectivity index (χ2v) is 6.53. The van der Waals surface area contributed by atoms with E-state index in [2.05, 4.69) is 34.3 Å². The predicted molar refractivity (Wildman–Crippen MR) is 103 cm³/mol. The van der Waals surface area contributed by atoms with Crippen LogP contribution in [0.1, 0.15) is 24.2 Å². The van der Waals surface area contributed by atoms with Crippen molar-refractivity contribution in [1.82, 2.24) is 4.98 Å². The van der Waals surface area contributed by atoms with Gasteiger partial charge in [0, 0.05) is 17.8 Å². The van der Waals surface area contributed by atoms with Crippen LogP contribution >= 0.6 is 11.3 Å². The number of nitrogens with zero attached hydrogens (tertiary/aromatic N) is 2. The highest BCUT2D eigenvalue weighted by Gasteiger charge is 2.10. The Morgan fingerprint density at radius 3 is 2.80 bits per heavy atom. The Hall–Kier alpha value is -2.64. The van der Waals surface area contributed by atoms with Gasteiger partial charge in [-0.15, -0.1) is 11.3 Å². The summed E-state index contributed by atoms with van der Waals surface area (Å²) in [6.45, 7) is 3.10. The molecule has 0 radical (unpaired) electrons. The van der Waals surface area contributed by atoms with Crippen molar-refractivity contribution in [3.8, 4) is 11.5 Å². The van der Waals surface area contributed by atoms with Crippen LogP contribution in [0.4, 0.5) is 5.13 Å². The van der Waals surface area contributed by atoms with E-state index in [-0.39, 0.29) is 0 Å². The van der Waals surface area contributed by atoms with E-state index in [9.17, 15) is 0 Å². The standard InChI is InChI=1S/C18H21N5OS/c1-12(13-5-3-2-4-6-13)10-21-17(20)23-18-22-15(11-25-18)16-8-7-14(9-19)24-16/h2-8,11-12H,9-10,19H2,1H3,(H3,20,21,22,23). The summed E-state index contributed by atoms with van der Waals surface area (Å²) in [7, 11) is 0. The lowest BCUT2D eigenvalue weighted by atomic mass is 10.0. The molecule has 7 heteroatoms. The van der Waals surface area contributed by atoms with Gasteiger partial charge in [-0.25, -0.2) is 4.98 Å². The molecule has 0 aliphatic carbocycles. The van der Waals surface area contributed by atoms with Crippen molar-refractivity contribution in [3.63, 3.8) is 0 Å². The van der Waals surface area contributed by atoms with Gasteiger partial charge < -0.3 is 21.2 Å². The second kappa shape index (κ2) is 7.96. The molecule has 0 saturated carbocycles. The van der Waals surface area contributed by atoms with Crippen molar-refractivity contribution in [2.24, 2.45) is 16.5 Å². The molecule has 2 heterocycles. The van der Waals surface area contributed by atoms with Gasteiger partial charge in [0.25, 0.3) is 0 Å². The molecule has 0 saturated heterocycles. The quantitative estimate of drug-likeness (QED) is 0.464. The molecule has 1 unspecified atom stereocenters. The van der Waals surface area contributed by atoms with E-state index in [4.69, 9.17) is 15.9 Å². The number of hydrogen-bond donors (Lipinski definition) is 3.